The molecule has 1 atom stereocenters. The molecule has 0 aliphatic carbocycles. The molecule has 10 heteroatoms. The Kier molecular flexibility index (Phi) is 6.08. The number of halogens is 1. The van der Waals surface area contributed by atoms with Crippen molar-refractivity contribution in [3.05, 3.63) is 56.6 Å². The molecular formula is C21H20ClNO8. The van der Waals surface area contributed by atoms with Crippen LogP contribution in [0.5, 0.6) is 17.2 Å². The Labute approximate surface area is 182 Å². The molecule has 1 aliphatic heterocycles. The number of nitro benzene ring substituents is 1. The fraction of sp³-hybridized carbons (Fsp3) is 0.333. The number of nitrogens with zero attached hydrogens (tertiary/aromatic N) is 1. The van der Waals surface area contributed by atoms with Crippen LogP contribution in [0.15, 0.2) is 30.3 Å². The summed E-state index contributed by atoms with van der Waals surface area (Å²) in [5.41, 5.74) is -0.809. The number of carboxylic acid groups (broad SMARTS) is 1. The summed E-state index contributed by atoms with van der Waals surface area (Å²) in [5.74, 6) is -2.28. The van der Waals surface area contributed by atoms with E-state index in [0.717, 1.165) is 6.07 Å². The lowest BCUT2D eigenvalue weighted by molar-refractivity contribution is -0.385. The van der Waals surface area contributed by atoms with E-state index >= 15 is 0 Å². The first-order valence-corrected chi connectivity index (χ1v) is 9.73. The van der Waals surface area contributed by atoms with Crippen molar-refractivity contribution in [2.75, 3.05) is 6.61 Å². The van der Waals surface area contributed by atoms with Crippen molar-refractivity contribution >= 4 is 29.2 Å². The van der Waals surface area contributed by atoms with Gasteiger partial charge < -0.3 is 19.3 Å². The zero-order chi connectivity index (χ0) is 22.9. The van der Waals surface area contributed by atoms with Crippen LogP contribution in [-0.2, 0) is 9.53 Å². The molecule has 0 spiro atoms. The minimum Gasteiger partial charge on any atom is -0.493 e. The predicted octanol–water partition coefficient (Wildman–Crippen LogP) is 4.95. The van der Waals surface area contributed by atoms with E-state index in [4.69, 9.17) is 25.8 Å². The number of hydrogen-bond acceptors (Lipinski definition) is 7. The van der Waals surface area contributed by atoms with Gasteiger partial charge in [-0.15, -0.1) is 0 Å². The highest BCUT2D eigenvalue weighted by Crippen LogP contribution is 2.43. The first-order valence-electron chi connectivity index (χ1n) is 9.35. The van der Waals surface area contributed by atoms with Crippen molar-refractivity contribution in [1.82, 2.24) is 0 Å². The van der Waals surface area contributed by atoms with Gasteiger partial charge in [-0.25, -0.2) is 4.79 Å². The lowest BCUT2D eigenvalue weighted by Gasteiger charge is -2.24. The molecular weight excluding hydrogens is 430 g/mol. The lowest BCUT2D eigenvalue weighted by Crippen LogP contribution is -2.23. The van der Waals surface area contributed by atoms with E-state index < -0.39 is 34.1 Å². The molecule has 0 saturated heterocycles. The van der Waals surface area contributed by atoms with E-state index in [1.807, 2.05) is 0 Å². The third-order valence-corrected chi connectivity index (χ3v) is 4.71. The van der Waals surface area contributed by atoms with Crippen LogP contribution in [0.25, 0.3) is 0 Å². The van der Waals surface area contributed by atoms with Gasteiger partial charge >= 0.3 is 17.6 Å². The Morgan fingerprint density at radius 1 is 1.23 bits per heavy atom. The minimum atomic E-state index is -0.998. The van der Waals surface area contributed by atoms with Gasteiger partial charge in [-0.05, 0) is 45.4 Å². The molecule has 1 unspecified atom stereocenters. The monoisotopic (exact) mass is 449 g/mol. The van der Waals surface area contributed by atoms with Crippen LogP contribution in [0.1, 0.15) is 49.0 Å². The number of esters is 1. The van der Waals surface area contributed by atoms with Crippen LogP contribution >= 0.6 is 11.6 Å². The SMILES string of the molecule is CC(C)(C)OC(=O)c1ccc(Oc2cc3c(cc2Cl)C(C(=O)O)CCO3)c([N+](=O)[O-])c1. The van der Waals surface area contributed by atoms with E-state index in [2.05, 4.69) is 0 Å². The molecule has 3 rings (SSSR count). The quantitative estimate of drug-likeness (QED) is 0.386. The fourth-order valence-corrected chi connectivity index (χ4v) is 3.26. The zero-order valence-electron chi connectivity index (χ0n) is 17.0. The van der Waals surface area contributed by atoms with Gasteiger partial charge in [0.15, 0.2) is 0 Å². The Bertz CT molecular complexity index is 1060. The molecule has 164 valence electrons. The molecule has 0 bridgehead atoms. The van der Waals surface area contributed by atoms with Crippen molar-refractivity contribution < 1.29 is 33.8 Å². The number of nitro groups is 1. The Hall–Kier alpha value is -3.33. The number of ether oxygens (including phenoxy) is 3. The van der Waals surface area contributed by atoms with Crippen LogP contribution in [0.2, 0.25) is 5.02 Å². The molecule has 1 aliphatic rings. The van der Waals surface area contributed by atoms with E-state index in [9.17, 15) is 24.8 Å². The van der Waals surface area contributed by atoms with E-state index in [1.165, 1.54) is 24.3 Å². The second kappa shape index (κ2) is 8.43. The smallest absolute Gasteiger partial charge is 0.338 e. The molecule has 1 heterocycles. The normalized spacial score (nSPS) is 15.4. The van der Waals surface area contributed by atoms with Crippen LogP contribution in [-0.4, -0.2) is 34.2 Å². The van der Waals surface area contributed by atoms with E-state index in [-0.39, 0.29) is 34.4 Å². The average molecular weight is 450 g/mol. The largest absolute Gasteiger partial charge is 0.493 e. The van der Waals surface area contributed by atoms with Gasteiger partial charge in [-0.2, -0.15) is 0 Å². The molecule has 0 aromatic heterocycles. The second-order valence-electron chi connectivity index (χ2n) is 7.89. The molecule has 0 saturated carbocycles. The molecule has 0 fully saturated rings. The topological polar surface area (TPSA) is 125 Å². The number of rotatable bonds is 5. The van der Waals surface area contributed by atoms with Crippen molar-refractivity contribution in [3.8, 4) is 17.2 Å². The molecule has 9 nitrogen and oxygen atoms in total. The number of carbonyl (C=O) groups excluding carboxylic acids is 1. The molecule has 2 aromatic carbocycles. The number of carboxylic acids is 1. The third kappa shape index (κ3) is 5.05. The predicted molar refractivity (Wildman–Crippen MR) is 110 cm³/mol. The Morgan fingerprint density at radius 2 is 1.94 bits per heavy atom. The summed E-state index contributed by atoms with van der Waals surface area (Å²) in [6.07, 6.45) is 0.302. The van der Waals surface area contributed by atoms with Crippen LogP contribution in [0.4, 0.5) is 5.69 Å². The van der Waals surface area contributed by atoms with Crippen molar-refractivity contribution in [2.45, 2.75) is 38.7 Å². The molecule has 31 heavy (non-hydrogen) atoms. The van der Waals surface area contributed by atoms with Gasteiger partial charge in [0, 0.05) is 17.7 Å². The standard InChI is InChI=1S/C21H20ClNO8/c1-21(2,3)31-20(26)11-4-5-16(15(8-11)23(27)28)30-18-10-17-13(9-14(18)22)12(19(24)25)6-7-29-17/h4-5,8-10,12H,6-7H2,1-3H3,(H,24,25). The van der Waals surface area contributed by atoms with Crippen LogP contribution in [0.3, 0.4) is 0 Å². The summed E-state index contributed by atoms with van der Waals surface area (Å²) in [6, 6.07) is 6.50. The highest BCUT2D eigenvalue weighted by atomic mass is 35.5. The van der Waals surface area contributed by atoms with Crippen molar-refractivity contribution in [3.63, 3.8) is 0 Å². The number of benzene rings is 2. The Morgan fingerprint density at radius 3 is 2.55 bits per heavy atom. The number of hydrogen-bond donors (Lipinski definition) is 1. The van der Waals surface area contributed by atoms with Crippen molar-refractivity contribution in [1.29, 1.82) is 0 Å². The summed E-state index contributed by atoms with van der Waals surface area (Å²) in [5, 5.41) is 21.0. The summed E-state index contributed by atoms with van der Waals surface area (Å²) in [6.45, 7) is 5.26. The Balaban J connectivity index is 1.95. The average Bonchev–Trinajstić information content (AvgIpc) is 2.66. The summed E-state index contributed by atoms with van der Waals surface area (Å²) in [4.78, 5) is 34.6. The lowest BCUT2D eigenvalue weighted by atomic mass is 9.93. The van der Waals surface area contributed by atoms with Gasteiger partial charge in [0.2, 0.25) is 5.75 Å². The van der Waals surface area contributed by atoms with Gasteiger partial charge in [0.25, 0.3) is 0 Å². The highest BCUT2D eigenvalue weighted by molar-refractivity contribution is 6.32. The van der Waals surface area contributed by atoms with E-state index in [0.29, 0.717) is 12.0 Å². The maximum Gasteiger partial charge on any atom is 0.338 e. The van der Waals surface area contributed by atoms with Gasteiger partial charge in [-0.3, -0.25) is 14.9 Å². The maximum absolute atomic E-state index is 12.2. The maximum atomic E-state index is 12.2. The first kappa shape index (κ1) is 22.4. The zero-order valence-corrected chi connectivity index (χ0v) is 17.8. The molecule has 0 amide bonds. The number of fused-ring (bicyclic) bond motifs is 1. The van der Waals surface area contributed by atoms with Crippen LogP contribution < -0.4 is 9.47 Å². The molecule has 0 radical (unpaired) electrons. The molecule has 2 aromatic rings. The summed E-state index contributed by atoms with van der Waals surface area (Å²) >= 11 is 6.25. The molecule has 1 N–H and O–H groups in total. The van der Waals surface area contributed by atoms with Crippen LogP contribution in [0, 0.1) is 10.1 Å². The second-order valence-corrected chi connectivity index (χ2v) is 8.30. The van der Waals surface area contributed by atoms with Crippen molar-refractivity contribution in [2.24, 2.45) is 0 Å². The number of carbonyl (C=O) groups is 2. The van der Waals surface area contributed by atoms with Gasteiger partial charge in [0.1, 0.15) is 17.1 Å². The first-order chi connectivity index (χ1) is 14.5. The van der Waals surface area contributed by atoms with Gasteiger partial charge in [0.05, 0.1) is 28.0 Å². The highest BCUT2D eigenvalue weighted by Gasteiger charge is 2.30. The fourth-order valence-electron chi connectivity index (χ4n) is 3.05. The minimum absolute atomic E-state index is 0.00172. The van der Waals surface area contributed by atoms with Gasteiger partial charge in [-0.1, -0.05) is 11.6 Å². The number of aliphatic carboxylic acids is 1. The summed E-state index contributed by atoms with van der Waals surface area (Å²) < 4.78 is 16.4. The van der Waals surface area contributed by atoms with E-state index in [1.54, 1.807) is 20.8 Å². The third-order valence-electron chi connectivity index (χ3n) is 4.41. The summed E-state index contributed by atoms with van der Waals surface area (Å²) in [7, 11) is 0.